The second-order valence-corrected chi connectivity index (χ2v) is 6.59. The Kier molecular flexibility index (Phi) is 4.45. The van der Waals surface area contributed by atoms with Crippen molar-refractivity contribution in [1.29, 1.82) is 0 Å². The van der Waals surface area contributed by atoms with Crippen LogP contribution in [0.2, 0.25) is 0 Å². The standard InChI is InChI=1S/C21H22N2O2/c1-13-9-16(4)21-17(10-13)15(3)11-20(25)23(21)12-19(24)22-18-8-6-5-7-14(18)2/h5-11H,12H2,1-4H3,(H,22,24). The number of pyridine rings is 1. The molecule has 0 saturated heterocycles. The summed E-state index contributed by atoms with van der Waals surface area (Å²) in [6, 6.07) is 13.3. The summed E-state index contributed by atoms with van der Waals surface area (Å²) in [6.07, 6.45) is 0. The minimum absolute atomic E-state index is 0.00610. The highest BCUT2D eigenvalue weighted by molar-refractivity contribution is 5.93. The summed E-state index contributed by atoms with van der Waals surface area (Å²) in [7, 11) is 0. The smallest absolute Gasteiger partial charge is 0.251 e. The molecule has 0 spiro atoms. The molecular weight excluding hydrogens is 312 g/mol. The number of para-hydroxylation sites is 1. The number of nitrogens with one attached hydrogen (secondary N) is 1. The van der Waals surface area contributed by atoms with Crippen LogP contribution in [0.1, 0.15) is 22.3 Å². The molecule has 25 heavy (non-hydrogen) atoms. The van der Waals surface area contributed by atoms with Crippen LogP contribution in [-0.2, 0) is 11.3 Å². The van der Waals surface area contributed by atoms with Crippen LogP contribution in [0.25, 0.3) is 10.9 Å². The van der Waals surface area contributed by atoms with Gasteiger partial charge in [0.25, 0.3) is 5.56 Å². The Morgan fingerprint density at radius 3 is 2.40 bits per heavy atom. The monoisotopic (exact) mass is 334 g/mol. The molecule has 1 heterocycles. The predicted molar refractivity (Wildman–Crippen MR) is 102 cm³/mol. The number of carbonyl (C=O) groups is 1. The fraction of sp³-hybridized carbons (Fsp3) is 0.238. The van der Waals surface area contributed by atoms with E-state index in [1.54, 1.807) is 10.6 Å². The number of amides is 1. The van der Waals surface area contributed by atoms with Gasteiger partial charge in [0.2, 0.25) is 5.91 Å². The topological polar surface area (TPSA) is 51.1 Å². The van der Waals surface area contributed by atoms with Crippen molar-refractivity contribution in [3.8, 4) is 0 Å². The Hall–Kier alpha value is -2.88. The van der Waals surface area contributed by atoms with Crippen LogP contribution in [0.15, 0.2) is 47.3 Å². The van der Waals surface area contributed by atoms with E-state index in [1.165, 1.54) is 0 Å². The van der Waals surface area contributed by atoms with Crippen LogP contribution in [-0.4, -0.2) is 10.5 Å². The van der Waals surface area contributed by atoms with Crippen LogP contribution in [0.5, 0.6) is 0 Å². The second-order valence-electron chi connectivity index (χ2n) is 6.59. The highest BCUT2D eigenvalue weighted by atomic mass is 16.2. The normalized spacial score (nSPS) is 10.9. The molecule has 3 rings (SSSR count). The second kappa shape index (κ2) is 6.55. The lowest BCUT2D eigenvalue weighted by atomic mass is 10.0. The highest BCUT2D eigenvalue weighted by Crippen LogP contribution is 2.22. The summed E-state index contributed by atoms with van der Waals surface area (Å²) in [4.78, 5) is 25.1. The molecule has 3 aromatic rings. The van der Waals surface area contributed by atoms with Crippen molar-refractivity contribution < 1.29 is 4.79 Å². The molecule has 0 saturated carbocycles. The lowest BCUT2D eigenvalue weighted by molar-refractivity contribution is -0.116. The summed E-state index contributed by atoms with van der Waals surface area (Å²) < 4.78 is 1.56. The maximum atomic E-state index is 12.5. The molecule has 2 aromatic carbocycles. The van der Waals surface area contributed by atoms with E-state index in [0.29, 0.717) is 0 Å². The van der Waals surface area contributed by atoms with Crippen LogP contribution in [0, 0.1) is 27.7 Å². The molecule has 0 unspecified atom stereocenters. The van der Waals surface area contributed by atoms with Gasteiger partial charge in [-0.05, 0) is 56.5 Å². The van der Waals surface area contributed by atoms with Crippen LogP contribution in [0.3, 0.4) is 0 Å². The van der Waals surface area contributed by atoms with E-state index in [4.69, 9.17) is 0 Å². The van der Waals surface area contributed by atoms with Crippen molar-refractivity contribution in [2.24, 2.45) is 0 Å². The van der Waals surface area contributed by atoms with Gasteiger partial charge in [0.05, 0.1) is 5.52 Å². The average Bonchev–Trinajstić information content (AvgIpc) is 2.53. The van der Waals surface area contributed by atoms with Gasteiger partial charge in [0, 0.05) is 17.1 Å². The fourth-order valence-electron chi connectivity index (χ4n) is 3.27. The molecular formula is C21H22N2O2. The van der Waals surface area contributed by atoms with E-state index in [9.17, 15) is 9.59 Å². The summed E-state index contributed by atoms with van der Waals surface area (Å²) >= 11 is 0. The van der Waals surface area contributed by atoms with Gasteiger partial charge in [-0.25, -0.2) is 0 Å². The quantitative estimate of drug-likeness (QED) is 0.790. The van der Waals surface area contributed by atoms with Gasteiger partial charge in [-0.15, -0.1) is 0 Å². The third kappa shape index (κ3) is 3.33. The van der Waals surface area contributed by atoms with Crippen molar-refractivity contribution in [3.05, 3.63) is 75.1 Å². The molecule has 0 aliphatic carbocycles. The Balaban J connectivity index is 2.03. The van der Waals surface area contributed by atoms with Crippen molar-refractivity contribution in [2.45, 2.75) is 34.2 Å². The third-order valence-corrected chi connectivity index (χ3v) is 4.47. The molecule has 0 atom stereocenters. The maximum absolute atomic E-state index is 12.5. The van der Waals surface area contributed by atoms with Crippen molar-refractivity contribution in [3.63, 3.8) is 0 Å². The van der Waals surface area contributed by atoms with Crippen molar-refractivity contribution in [1.82, 2.24) is 4.57 Å². The average molecular weight is 334 g/mol. The minimum Gasteiger partial charge on any atom is -0.324 e. The van der Waals surface area contributed by atoms with E-state index in [0.717, 1.165) is 38.8 Å². The minimum atomic E-state index is -0.207. The summed E-state index contributed by atoms with van der Waals surface area (Å²) in [5.74, 6) is -0.207. The van der Waals surface area contributed by atoms with E-state index >= 15 is 0 Å². The van der Waals surface area contributed by atoms with Gasteiger partial charge in [-0.1, -0.05) is 29.8 Å². The van der Waals surface area contributed by atoms with E-state index in [2.05, 4.69) is 11.4 Å². The van der Waals surface area contributed by atoms with Gasteiger partial charge < -0.3 is 5.32 Å². The zero-order valence-corrected chi connectivity index (χ0v) is 15.0. The number of aryl methyl sites for hydroxylation is 4. The molecule has 4 heteroatoms. The largest absolute Gasteiger partial charge is 0.324 e. The number of carbonyl (C=O) groups excluding carboxylic acids is 1. The summed E-state index contributed by atoms with van der Waals surface area (Å²) in [5, 5.41) is 3.91. The predicted octanol–water partition coefficient (Wildman–Crippen LogP) is 3.87. The van der Waals surface area contributed by atoms with E-state index in [-0.39, 0.29) is 18.0 Å². The molecule has 0 fully saturated rings. The Labute approximate surface area is 147 Å². The fourth-order valence-corrected chi connectivity index (χ4v) is 3.27. The lowest BCUT2D eigenvalue weighted by Crippen LogP contribution is -2.28. The number of benzene rings is 2. The van der Waals surface area contributed by atoms with Crippen molar-refractivity contribution in [2.75, 3.05) is 5.32 Å². The van der Waals surface area contributed by atoms with Crippen LogP contribution < -0.4 is 10.9 Å². The zero-order valence-electron chi connectivity index (χ0n) is 15.0. The molecule has 1 N–H and O–H groups in total. The van der Waals surface area contributed by atoms with Crippen molar-refractivity contribution >= 4 is 22.5 Å². The van der Waals surface area contributed by atoms with Gasteiger partial charge in [0.1, 0.15) is 6.54 Å². The Morgan fingerprint density at radius 2 is 1.68 bits per heavy atom. The molecule has 0 aliphatic heterocycles. The molecule has 1 amide bonds. The summed E-state index contributed by atoms with van der Waals surface area (Å²) in [6.45, 7) is 7.88. The Bertz CT molecular complexity index is 1030. The molecule has 4 nitrogen and oxygen atoms in total. The lowest BCUT2D eigenvalue weighted by Gasteiger charge is -2.15. The van der Waals surface area contributed by atoms with Gasteiger partial charge in [0.15, 0.2) is 0 Å². The number of hydrogen-bond donors (Lipinski definition) is 1. The molecule has 0 aliphatic rings. The number of fused-ring (bicyclic) bond motifs is 1. The first-order chi connectivity index (χ1) is 11.9. The van der Waals surface area contributed by atoms with Gasteiger partial charge in [-0.2, -0.15) is 0 Å². The zero-order chi connectivity index (χ0) is 18.1. The third-order valence-electron chi connectivity index (χ3n) is 4.47. The first kappa shape index (κ1) is 17.0. The van der Waals surface area contributed by atoms with Gasteiger partial charge >= 0.3 is 0 Å². The Morgan fingerprint density at radius 1 is 0.960 bits per heavy atom. The SMILES string of the molecule is Cc1cc(C)c2c(c1)c(C)cc(=O)n2CC(=O)Nc1ccccc1C. The first-order valence-corrected chi connectivity index (χ1v) is 8.33. The van der Waals surface area contributed by atoms with E-state index < -0.39 is 0 Å². The van der Waals surface area contributed by atoms with E-state index in [1.807, 2.05) is 58.0 Å². The number of aromatic nitrogens is 1. The highest BCUT2D eigenvalue weighted by Gasteiger charge is 2.13. The van der Waals surface area contributed by atoms with Crippen LogP contribution in [0.4, 0.5) is 5.69 Å². The number of nitrogens with zero attached hydrogens (tertiary/aromatic N) is 1. The van der Waals surface area contributed by atoms with Crippen LogP contribution >= 0.6 is 0 Å². The molecule has 128 valence electrons. The van der Waals surface area contributed by atoms with Gasteiger partial charge in [-0.3, -0.25) is 14.2 Å². The molecule has 0 bridgehead atoms. The first-order valence-electron chi connectivity index (χ1n) is 8.33. The maximum Gasteiger partial charge on any atom is 0.251 e. The number of anilines is 1. The number of hydrogen-bond acceptors (Lipinski definition) is 2. The molecule has 0 radical (unpaired) electrons. The number of rotatable bonds is 3. The molecule has 1 aromatic heterocycles. The summed E-state index contributed by atoms with van der Waals surface area (Å²) in [5.41, 5.74) is 5.50.